The maximum Gasteiger partial charge on any atom is 0.409 e. The minimum atomic E-state index is -1.88. The lowest BCUT2D eigenvalue weighted by Crippen LogP contribution is -2.64. The van der Waals surface area contributed by atoms with Crippen molar-refractivity contribution in [2.45, 2.75) is 236 Å². The molecule has 5 N–H and O–H groups in total. The normalized spacial score (nSPS) is 26.1. The number of carbonyl (C=O) groups is 13. The molecular weight excluding hydrogens is 1170 g/mol. The fourth-order valence-electron chi connectivity index (χ4n) is 11.2. The Hall–Kier alpha value is -6.89. The zero-order valence-corrected chi connectivity index (χ0v) is 59.8. The third-order valence-electron chi connectivity index (χ3n) is 17.1. The topological polar surface area (TPSA) is 314 Å². The largest absolute Gasteiger partial charge is 0.449 e. The van der Waals surface area contributed by atoms with Gasteiger partial charge in [-0.05, 0) is 82.5 Å². The number of Topliss-reactive ketones (excluding diaryl/α,β-unsaturated/α-hetero) is 1. The summed E-state index contributed by atoms with van der Waals surface area (Å²) in [7, 11) is 11.2. The van der Waals surface area contributed by atoms with Crippen molar-refractivity contribution in [2.75, 3.05) is 63.0 Å². The average molecular weight is 1290 g/mol. The third kappa shape index (κ3) is 22.7. The predicted octanol–water partition coefficient (Wildman–Crippen LogP) is 3.43. The number of unbranched alkanes of at least 4 members (excludes halogenated alkanes) is 1. The summed E-state index contributed by atoms with van der Waals surface area (Å²) in [5, 5.41) is 13.5. The van der Waals surface area contributed by atoms with Gasteiger partial charge < -0.3 is 65.6 Å². The second-order valence-electron chi connectivity index (χ2n) is 27.9. The molecule has 12 amide bonds. The van der Waals surface area contributed by atoms with Crippen LogP contribution in [-0.4, -0.2) is 241 Å². The van der Waals surface area contributed by atoms with Crippen LogP contribution in [0.3, 0.4) is 0 Å². The Labute approximate surface area is 542 Å². The highest BCUT2D eigenvalue weighted by atomic mass is 16.6. The number of ether oxygens (including phenoxy) is 1. The van der Waals surface area contributed by atoms with E-state index < -0.39 is 173 Å². The van der Waals surface area contributed by atoms with Crippen LogP contribution in [0.2, 0.25) is 0 Å². The van der Waals surface area contributed by atoms with Crippen molar-refractivity contribution in [1.82, 2.24) is 60.9 Å². The smallest absolute Gasteiger partial charge is 0.409 e. The van der Waals surface area contributed by atoms with Crippen molar-refractivity contribution in [3.05, 3.63) is 0 Å². The lowest BCUT2D eigenvalue weighted by Gasteiger charge is -2.42. The van der Waals surface area contributed by atoms with E-state index in [9.17, 15) is 52.7 Å². The number of rotatable bonds is 17. The van der Waals surface area contributed by atoms with Crippen LogP contribution in [0.4, 0.5) is 4.79 Å². The molecule has 0 bridgehead atoms. The van der Waals surface area contributed by atoms with E-state index in [1.807, 2.05) is 48.5 Å². The van der Waals surface area contributed by atoms with E-state index in [2.05, 4.69) is 26.6 Å². The van der Waals surface area contributed by atoms with Gasteiger partial charge in [-0.1, -0.05) is 117 Å². The van der Waals surface area contributed by atoms with Crippen LogP contribution in [0.1, 0.15) is 170 Å². The summed E-state index contributed by atoms with van der Waals surface area (Å²) in [6.45, 7) is 29.9. The molecule has 1 fully saturated rings. The SMILES string of the molecule is CCCC[C@@H](C)C(=O)[C@@H]1NC(=O)[C@H](C(C)C)N(C)C(=O)[C@H](CC(C)C)N(C)C(=O)[C@H](CC(C)C)N(C)C(=O)[C@@H](C)NC(=O)[C@H](C)NC(=O)[C@H](CC(C)C)N(C)C(=O)[C@H](C(C)C)NC(=O)[C@H](C(C)(C)COC(=O)N(C)C)N(C)C(=O)[C@@H](C)N(C)C(=O)[C@H](CC)NC1=O. The van der Waals surface area contributed by atoms with Crippen molar-refractivity contribution in [3.63, 3.8) is 0 Å². The molecule has 91 heavy (non-hydrogen) atoms. The van der Waals surface area contributed by atoms with Gasteiger partial charge in [0.1, 0.15) is 67.0 Å². The maximum absolute atomic E-state index is 15.1. The summed E-state index contributed by atoms with van der Waals surface area (Å²) in [5.74, 6) is -11.7. The molecule has 0 aromatic heterocycles. The first-order chi connectivity index (χ1) is 41.9. The van der Waals surface area contributed by atoms with E-state index in [1.54, 1.807) is 55.4 Å². The molecule has 0 radical (unpaired) electrons. The van der Waals surface area contributed by atoms with Crippen LogP contribution in [0.15, 0.2) is 0 Å². The fourth-order valence-corrected chi connectivity index (χ4v) is 11.2. The number of ketones is 1. The van der Waals surface area contributed by atoms with Crippen molar-refractivity contribution >= 4 is 76.9 Å². The molecular formula is C65H116N12O14. The highest BCUT2D eigenvalue weighted by Gasteiger charge is 2.47. The van der Waals surface area contributed by atoms with Gasteiger partial charge in [-0.15, -0.1) is 0 Å². The molecule has 1 heterocycles. The van der Waals surface area contributed by atoms with E-state index in [4.69, 9.17) is 4.74 Å². The Balaban J connectivity index is 4.46. The molecule has 0 aliphatic carbocycles. The van der Waals surface area contributed by atoms with Gasteiger partial charge in [-0.2, -0.15) is 0 Å². The number of nitrogens with one attached hydrogen (secondary N) is 5. The molecule has 26 heteroatoms. The van der Waals surface area contributed by atoms with Crippen LogP contribution < -0.4 is 26.6 Å². The molecule has 1 saturated heterocycles. The van der Waals surface area contributed by atoms with E-state index in [-0.39, 0.29) is 43.4 Å². The summed E-state index contributed by atoms with van der Waals surface area (Å²) >= 11 is 0. The summed E-state index contributed by atoms with van der Waals surface area (Å²) in [6.07, 6.45) is 1.20. The van der Waals surface area contributed by atoms with E-state index in [0.717, 1.165) is 9.80 Å². The summed E-state index contributed by atoms with van der Waals surface area (Å²) in [6, 6.07) is -14.9. The van der Waals surface area contributed by atoms with Crippen molar-refractivity contribution in [2.24, 2.45) is 40.9 Å². The molecule has 0 aromatic carbocycles. The summed E-state index contributed by atoms with van der Waals surface area (Å²) in [4.78, 5) is 197. The van der Waals surface area contributed by atoms with Crippen LogP contribution in [0.25, 0.3) is 0 Å². The maximum atomic E-state index is 15.1. The lowest BCUT2D eigenvalue weighted by molar-refractivity contribution is -0.154. The molecule has 26 nitrogen and oxygen atoms in total. The Morgan fingerprint density at radius 1 is 0.505 bits per heavy atom. The van der Waals surface area contributed by atoms with Crippen molar-refractivity contribution in [3.8, 4) is 0 Å². The minimum Gasteiger partial charge on any atom is -0.449 e. The molecule has 0 saturated carbocycles. The Morgan fingerprint density at radius 2 is 0.978 bits per heavy atom. The van der Waals surface area contributed by atoms with Gasteiger partial charge in [0.25, 0.3) is 5.91 Å². The summed E-state index contributed by atoms with van der Waals surface area (Å²) < 4.78 is 5.59. The van der Waals surface area contributed by atoms with E-state index in [0.29, 0.717) is 19.3 Å². The highest BCUT2D eigenvalue weighted by Crippen LogP contribution is 2.29. The van der Waals surface area contributed by atoms with Crippen LogP contribution in [0, 0.1) is 40.9 Å². The van der Waals surface area contributed by atoms with Crippen LogP contribution in [-0.2, 0) is 62.3 Å². The zero-order chi connectivity index (χ0) is 70.8. The minimum absolute atomic E-state index is 0.0651. The quantitative estimate of drug-likeness (QED) is 0.130. The van der Waals surface area contributed by atoms with Gasteiger partial charge in [0.15, 0.2) is 11.8 Å². The first-order valence-electron chi connectivity index (χ1n) is 32.4. The van der Waals surface area contributed by atoms with Crippen molar-refractivity contribution < 1.29 is 67.1 Å². The van der Waals surface area contributed by atoms with Gasteiger partial charge >= 0.3 is 6.09 Å². The molecule has 520 valence electrons. The number of hydrogen-bond acceptors (Lipinski definition) is 14. The highest BCUT2D eigenvalue weighted by molar-refractivity contribution is 6.10. The lowest BCUT2D eigenvalue weighted by atomic mass is 9.83. The Morgan fingerprint density at radius 3 is 1.44 bits per heavy atom. The number of nitrogens with zero attached hydrogens (tertiary/aromatic N) is 7. The standard InChI is InChI=1S/C65H116N12O14/c1-27-29-30-40(13)51(78)49-55(81)68-44(28-2)60(86)72(21)43(16)59(85)77(26)52(65(17,18)34-91-64(90)71(19)20)57(83)69-48(38(9)10)63(89)73(22)45(31-35(3)4)54(80)66-41(14)53(79)67-42(15)58(84)74(23)46(32-36(5)6)61(87)75(24)47(33-37(7)8)62(88)76(25)50(39(11)12)56(82)70-49/h35-50,52H,27-34H2,1-26H3,(H,66,80)(H,67,79)(H,68,81)(H,69,83)(H,70,82)/t40-,41+,42-,43-,44+,45+,46+,47+,48+,49+,50+,52-/m1/s1. The third-order valence-corrected chi connectivity index (χ3v) is 17.1. The first kappa shape index (κ1) is 82.1. The number of amides is 12. The second-order valence-corrected chi connectivity index (χ2v) is 27.9. The molecule has 12 atom stereocenters. The van der Waals surface area contributed by atoms with E-state index in [1.165, 1.54) is 102 Å². The van der Waals surface area contributed by atoms with Gasteiger partial charge in [0.2, 0.25) is 59.1 Å². The summed E-state index contributed by atoms with van der Waals surface area (Å²) in [5.41, 5.74) is -1.42. The molecule has 1 rings (SSSR count). The van der Waals surface area contributed by atoms with Crippen LogP contribution >= 0.6 is 0 Å². The average Bonchev–Trinajstić information content (AvgIpc) is 2.80. The number of likely N-dealkylation sites (N-methyl/N-ethyl adjacent to an activating group) is 6. The zero-order valence-electron chi connectivity index (χ0n) is 59.8. The van der Waals surface area contributed by atoms with Gasteiger partial charge in [-0.25, -0.2) is 4.79 Å². The molecule has 1 aliphatic heterocycles. The molecule has 1 aliphatic rings. The Kier molecular flexibility index (Phi) is 32.8. The predicted molar refractivity (Wildman–Crippen MR) is 347 cm³/mol. The first-order valence-corrected chi connectivity index (χ1v) is 32.4. The van der Waals surface area contributed by atoms with Crippen molar-refractivity contribution in [1.29, 1.82) is 0 Å². The van der Waals surface area contributed by atoms with Crippen LogP contribution in [0.5, 0.6) is 0 Å². The fraction of sp³-hybridized carbons (Fsp3) is 0.800. The Bertz CT molecular complexity index is 2560. The van der Waals surface area contributed by atoms with Gasteiger partial charge in [0.05, 0.1) is 0 Å². The number of hydrogen-bond donors (Lipinski definition) is 5. The second kappa shape index (κ2) is 36.4. The molecule has 0 unspecified atom stereocenters. The molecule has 0 spiro atoms. The van der Waals surface area contributed by atoms with E-state index >= 15 is 9.59 Å². The molecule has 0 aromatic rings. The van der Waals surface area contributed by atoms with Gasteiger partial charge in [0, 0.05) is 67.7 Å². The monoisotopic (exact) mass is 1290 g/mol. The number of carbonyl (C=O) groups excluding carboxylic acids is 13. The van der Waals surface area contributed by atoms with Gasteiger partial charge in [-0.3, -0.25) is 57.5 Å².